The van der Waals surface area contributed by atoms with Crippen molar-refractivity contribution < 1.29 is 23.3 Å². The normalized spacial score (nSPS) is 11.9. The molecule has 0 amide bonds. The minimum Gasteiger partial charge on any atom is -0.469 e. The molecule has 2 rings (SSSR count). The highest BCUT2D eigenvalue weighted by molar-refractivity contribution is 7.82. The molecule has 34 heavy (non-hydrogen) atoms. The number of unbranched alkanes of at least 4 members (excludes halogenated alkanes) is 4. The van der Waals surface area contributed by atoms with Gasteiger partial charge in [-0.1, -0.05) is 53.3 Å². The van der Waals surface area contributed by atoms with E-state index in [1.165, 1.54) is 14.2 Å². The van der Waals surface area contributed by atoms with E-state index < -0.39 is 11.0 Å². The van der Waals surface area contributed by atoms with Crippen LogP contribution in [0.2, 0.25) is 0 Å². The SMILES string of the molecule is COC(=O)CCCCCCCN(CCCc1ccc(C(=O)OC)cc1)[SH+](=O)c1ccc(C)cc1. The Bertz CT molecular complexity index is 912. The van der Waals surface area contributed by atoms with E-state index in [-0.39, 0.29) is 11.9 Å². The lowest BCUT2D eigenvalue weighted by atomic mass is 10.1. The van der Waals surface area contributed by atoms with E-state index in [2.05, 4.69) is 9.04 Å². The van der Waals surface area contributed by atoms with Crippen LogP contribution in [-0.4, -0.2) is 43.6 Å². The minimum absolute atomic E-state index is 0.152. The average Bonchev–Trinajstić information content (AvgIpc) is 2.86. The van der Waals surface area contributed by atoms with Crippen LogP contribution in [-0.2, 0) is 35.9 Å². The summed E-state index contributed by atoms with van der Waals surface area (Å²) >= 11 is 0. The molecular formula is C27H38NO5S+. The quantitative estimate of drug-likeness (QED) is 0.149. The molecule has 0 saturated heterocycles. The lowest BCUT2D eigenvalue weighted by Gasteiger charge is -2.16. The molecule has 0 aliphatic heterocycles. The second kappa shape index (κ2) is 15.4. The number of benzene rings is 2. The Labute approximate surface area is 206 Å². The van der Waals surface area contributed by atoms with Crippen molar-refractivity contribution >= 4 is 22.9 Å². The summed E-state index contributed by atoms with van der Waals surface area (Å²) in [5.74, 6) is -0.487. The fraction of sp³-hybridized carbons (Fsp3) is 0.481. The number of thiol groups is 1. The molecule has 1 atom stereocenters. The molecule has 186 valence electrons. The van der Waals surface area contributed by atoms with Crippen LogP contribution in [0.3, 0.4) is 0 Å². The van der Waals surface area contributed by atoms with Gasteiger partial charge in [0, 0.05) is 19.5 Å². The Balaban J connectivity index is 1.86. The van der Waals surface area contributed by atoms with Crippen LogP contribution < -0.4 is 0 Å². The molecule has 0 saturated carbocycles. The zero-order valence-electron chi connectivity index (χ0n) is 20.6. The molecule has 0 radical (unpaired) electrons. The topological polar surface area (TPSA) is 72.9 Å². The first-order valence-electron chi connectivity index (χ1n) is 12.0. The molecule has 0 aliphatic rings. The highest BCUT2D eigenvalue weighted by Crippen LogP contribution is 2.16. The van der Waals surface area contributed by atoms with Gasteiger partial charge in [0.25, 0.3) is 0 Å². The van der Waals surface area contributed by atoms with Crippen LogP contribution in [0.1, 0.15) is 66.4 Å². The van der Waals surface area contributed by atoms with E-state index in [9.17, 15) is 13.8 Å². The number of hydrogen-bond donors (Lipinski definition) is 0. The number of carbonyl (C=O) groups excluding carboxylic acids is 2. The number of carbonyl (C=O) groups is 2. The number of aryl methyl sites for hydroxylation is 2. The Morgan fingerprint density at radius 2 is 1.41 bits per heavy atom. The molecule has 0 aliphatic carbocycles. The van der Waals surface area contributed by atoms with Crippen molar-refractivity contribution in [2.24, 2.45) is 0 Å². The van der Waals surface area contributed by atoms with Crippen LogP contribution in [0.25, 0.3) is 0 Å². The molecule has 0 heterocycles. The summed E-state index contributed by atoms with van der Waals surface area (Å²) in [7, 11) is 1.17. The van der Waals surface area contributed by atoms with Crippen molar-refractivity contribution in [3.05, 3.63) is 65.2 Å². The van der Waals surface area contributed by atoms with E-state index >= 15 is 0 Å². The van der Waals surface area contributed by atoms with E-state index in [1.54, 1.807) is 12.1 Å². The molecular weight excluding hydrogens is 450 g/mol. The van der Waals surface area contributed by atoms with Crippen LogP contribution in [0.4, 0.5) is 0 Å². The summed E-state index contributed by atoms with van der Waals surface area (Å²) in [5, 5.41) is 0. The Morgan fingerprint density at radius 3 is 2.06 bits per heavy atom. The number of esters is 2. The summed E-state index contributed by atoms with van der Waals surface area (Å²) in [5.41, 5.74) is 2.84. The maximum absolute atomic E-state index is 13.3. The number of rotatable bonds is 15. The number of nitrogens with zero attached hydrogens (tertiary/aromatic N) is 1. The lowest BCUT2D eigenvalue weighted by molar-refractivity contribution is -0.140. The van der Waals surface area contributed by atoms with Crippen molar-refractivity contribution in [2.75, 3.05) is 27.3 Å². The van der Waals surface area contributed by atoms with Crippen molar-refractivity contribution in [3.8, 4) is 0 Å². The third-order valence-corrected chi connectivity index (χ3v) is 7.45. The van der Waals surface area contributed by atoms with Crippen molar-refractivity contribution in [1.82, 2.24) is 4.31 Å². The number of ether oxygens (including phenoxy) is 2. The zero-order valence-corrected chi connectivity index (χ0v) is 21.5. The van der Waals surface area contributed by atoms with Gasteiger partial charge in [-0.3, -0.25) is 4.79 Å². The van der Waals surface area contributed by atoms with Gasteiger partial charge in [-0.25, -0.2) is 4.79 Å². The summed E-state index contributed by atoms with van der Waals surface area (Å²) < 4.78 is 24.8. The van der Waals surface area contributed by atoms with Gasteiger partial charge in [0.15, 0.2) is 15.9 Å². The summed E-state index contributed by atoms with van der Waals surface area (Å²) in [6, 6.07) is 15.4. The zero-order chi connectivity index (χ0) is 24.8. The predicted octanol–water partition coefficient (Wildman–Crippen LogP) is 5.20. The monoisotopic (exact) mass is 488 g/mol. The third kappa shape index (κ3) is 9.77. The fourth-order valence-corrected chi connectivity index (χ4v) is 5.09. The molecule has 0 fully saturated rings. The predicted molar refractivity (Wildman–Crippen MR) is 136 cm³/mol. The average molecular weight is 489 g/mol. The van der Waals surface area contributed by atoms with Gasteiger partial charge in [0.1, 0.15) is 0 Å². The number of methoxy groups -OCH3 is 2. The highest BCUT2D eigenvalue weighted by Gasteiger charge is 2.21. The van der Waals surface area contributed by atoms with Crippen LogP contribution in [0.15, 0.2) is 53.4 Å². The van der Waals surface area contributed by atoms with Gasteiger partial charge in [0.2, 0.25) is 0 Å². The van der Waals surface area contributed by atoms with E-state index in [0.29, 0.717) is 12.0 Å². The maximum Gasteiger partial charge on any atom is 0.337 e. The fourth-order valence-electron chi connectivity index (χ4n) is 3.72. The standard InChI is InChI=1S/C27H37NO5S/c1-22-12-18-25(19-13-22)34(31)28(20-8-6-4-5-7-11-26(29)32-2)21-9-10-23-14-16-24(17-15-23)27(30)33-3/h12-19H,4-11,20-21H2,1-3H3/p+1. The largest absolute Gasteiger partial charge is 0.469 e. The van der Waals surface area contributed by atoms with Crippen LogP contribution in [0, 0.1) is 6.92 Å². The van der Waals surface area contributed by atoms with E-state index in [0.717, 1.165) is 74.1 Å². The van der Waals surface area contributed by atoms with Crippen LogP contribution in [0.5, 0.6) is 0 Å². The van der Waals surface area contributed by atoms with Crippen molar-refractivity contribution in [2.45, 2.75) is 63.2 Å². The first-order chi connectivity index (χ1) is 16.4. The van der Waals surface area contributed by atoms with Gasteiger partial charge in [0.05, 0.1) is 19.8 Å². The molecule has 0 bridgehead atoms. The van der Waals surface area contributed by atoms with Crippen molar-refractivity contribution in [3.63, 3.8) is 0 Å². The summed E-state index contributed by atoms with van der Waals surface area (Å²) in [4.78, 5) is 23.7. The first kappa shape index (κ1) is 27.7. The highest BCUT2D eigenvalue weighted by atomic mass is 32.2. The maximum atomic E-state index is 13.3. The molecule has 0 N–H and O–H groups in total. The molecule has 0 spiro atoms. The Hall–Kier alpha value is -2.51. The minimum atomic E-state index is -1.63. The Kier molecular flexibility index (Phi) is 12.6. The van der Waals surface area contributed by atoms with Gasteiger partial charge in [-0.05, 0) is 62.4 Å². The van der Waals surface area contributed by atoms with Gasteiger partial charge in [-0.15, -0.1) is 4.31 Å². The number of hydrogen-bond acceptors (Lipinski definition) is 5. The second-order valence-corrected chi connectivity index (χ2v) is 10.1. The lowest BCUT2D eigenvalue weighted by Crippen LogP contribution is -2.28. The molecule has 6 nitrogen and oxygen atoms in total. The van der Waals surface area contributed by atoms with Crippen molar-refractivity contribution in [1.29, 1.82) is 0 Å². The second-order valence-electron chi connectivity index (χ2n) is 8.45. The van der Waals surface area contributed by atoms with Crippen LogP contribution >= 0.6 is 0 Å². The van der Waals surface area contributed by atoms with Gasteiger partial charge in [-0.2, -0.15) is 0 Å². The molecule has 1 unspecified atom stereocenters. The molecule has 0 aromatic heterocycles. The molecule has 2 aromatic carbocycles. The first-order valence-corrected chi connectivity index (χ1v) is 13.2. The van der Waals surface area contributed by atoms with E-state index in [4.69, 9.17) is 4.74 Å². The summed E-state index contributed by atoms with van der Waals surface area (Å²) in [6.45, 7) is 3.55. The smallest absolute Gasteiger partial charge is 0.337 e. The third-order valence-electron chi connectivity index (χ3n) is 5.79. The van der Waals surface area contributed by atoms with Gasteiger partial charge < -0.3 is 9.47 Å². The van der Waals surface area contributed by atoms with E-state index in [1.807, 2.05) is 43.3 Å². The molecule has 2 aromatic rings. The van der Waals surface area contributed by atoms with Gasteiger partial charge >= 0.3 is 11.9 Å². The molecule has 7 heteroatoms. The summed E-state index contributed by atoms with van der Waals surface area (Å²) in [6.07, 6.45) is 7.12. The Morgan fingerprint density at radius 1 is 0.794 bits per heavy atom.